The standard InChI is InChI=1S/C22H31N3O5.C7H14/c1-3-4-5-9-17(2)30-13-7-6-10-18(14-21(27)25-29)22(28)24-16-20(26)19-11-8-12-23-15-19;1-7-5-3-2-4-6-7/h3-4,8,11-12,15,18,29H,2,5-7,9-10,13-14,16H2,1H3,(H,24,28)(H,25,27);7H,2-6H2,1H3/b4-3-;. The summed E-state index contributed by atoms with van der Waals surface area (Å²) in [6, 6.07) is 3.26. The summed E-state index contributed by atoms with van der Waals surface area (Å²) >= 11 is 0. The van der Waals surface area contributed by atoms with E-state index in [1.807, 2.05) is 19.1 Å². The highest BCUT2D eigenvalue weighted by atomic mass is 16.5. The molecule has 1 unspecified atom stereocenters. The van der Waals surface area contributed by atoms with E-state index >= 15 is 0 Å². The minimum absolute atomic E-state index is 0.166. The van der Waals surface area contributed by atoms with E-state index in [1.54, 1.807) is 23.8 Å². The minimum Gasteiger partial charge on any atom is -0.499 e. The Kier molecular flexibility index (Phi) is 17.4. The predicted molar refractivity (Wildman–Crippen MR) is 145 cm³/mol. The van der Waals surface area contributed by atoms with Crippen LogP contribution in [0.15, 0.2) is 49.0 Å². The number of amides is 2. The highest BCUT2D eigenvalue weighted by molar-refractivity contribution is 5.99. The van der Waals surface area contributed by atoms with Gasteiger partial charge in [-0.05, 0) is 50.7 Å². The van der Waals surface area contributed by atoms with Crippen LogP contribution in [0, 0.1) is 11.8 Å². The maximum Gasteiger partial charge on any atom is 0.244 e. The third-order valence-corrected chi connectivity index (χ3v) is 6.31. The number of hydroxylamine groups is 1. The summed E-state index contributed by atoms with van der Waals surface area (Å²) in [7, 11) is 0. The van der Waals surface area contributed by atoms with E-state index in [0.717, 1.165) is 24.5 Å². The average molecular weight is 516 g/mol. The third kappa shape index (κ3) is 15.7. The lowest BCUT2D eigenvalue weighted by atomic mass is 9.91. The summed E-state index contributed by atoms with van der Waals surface area (Å²) in [5.41, 5.74) is 1.94. The number of Topliss-reactive ketones (excluding diaryl/α,β-unsaturated/α-hetero) is 1. The zero-order valence-electron chi connectivity index (χ0n) is 22.5. The Balaban J connectivity index is 0.000000836. The van der Waals surface area contributed by atoms with E-state index in [0.29, 0.717) is 31.4 Å². The number of nitrogens with zero attached hydrogens (tertiary/aromatic N) is 1. The topological polar surface area (TPSA) is 118 Å². The molecule has 8 heteroatoms. The lowest BCUT2D eigenvalue weighted by Crippen LogP contribution is -2.37. The van der Waals surface area contributed by atoms with Gasteiger partial charge in [0.2, 0.25) is 11.8 Å². The van der Waals surface area contributed by atoms with Crippen LogP contribution in [0.2, 0.25) is 0 Å². The number of unbranched alkanes of at least 4 members (excludes halogenated alkanes) is 1. The molecule has 3 N–H and O–H groups in total. The molecule has 206 valence electrons. The summed E-state index contributed by atoms with van der Waals surface area (Å²) in [6.07, 6.45) is 17.7. The second-order valence-electron chi connectivity index (χ2n) is 9.55. The fourth-order valence-electron chi connectivity index (χ4n) is 4.04. The van der Waals surface area contributed by atoms with Crippen LogP contribution >= 0.6 is 0 Å². The normalized spacial score (nSPS) is 14.2. The number of aromatic nitrogens is 1. The van der Waals surface area contributed by atoms with Gasteiger partial charge in [0, 0.05) is 36.7 Å². The Hall–Kier alpha value is -3.00. The molecule has 1 heterocycles. The van der Waals surface area contributed by atoms with Gasteiger partial charge in [-0.2, -0.15) is 0 Å². The third-order valence-electron chi connectivity index (χ3n) is 6.31. The van der Waals surface area contributed by atoms with Crippen LogP contribution in [0.3, 0.4) is 0 Å². The number of carbonyl (C=O) groups is 3. The summed E-state index contributed by atoms with van der Waals surface area (Å²) in [6.45, 7) is 8.48. The monoisotopic (exact) mass is 515 g/mol. The number of allylic oxidation sites excluding steroid dienone is 3. The molecule has 1 atom stereocenters. The Morgan fingerprint density at radius 3 is 2.59 bits per heavy atom. The summed E-state index contributed by atoms with van der Waals surface area (Å²) in [5, 5.41) is 11.3. The molecule has 0 saturated heterocycles. The summed E-state index contributed by atoms with van der Waals surface area (Å²) in [5.74, 6) is -0.233. The van der Waals surface area contributed by atoms with Crippen LogP contribution in [-0.2, 0) is 14.3 Å². The van der Waals surface area contributed by atoms with Gasteiger partial charge in [0.25, 0.3) is 0 Å². The van der Waals surface area contributed by atoms with Gasteiger partial charge in [0.1, 0.15) is 0 Å². The van der Waals surface area contributed by atoms with Crippen LogP contribution in [0.25, 0.3) is 0 Å². The number of nitrogens with one attached hydrogen (secondary N) is 2. The van der Waals surface area contributed by atoms with Crippen molar-refractivity contribution < 1.29 is 24.3 Å². The van der Waals surface area contributed by atoms with Gasteiger partial charge in [-0.15, -0.1) is 0 Å². The van der Waals surface area contributed by atoms with Crippen molar-refractivity contribution in [1.82, 2.24) is 15.8 Å². The van der Waals surface area contributed by atoms with Gasteiger partial charge in [-0.25, -0.2) is 5.48 Å². The second-order valence-corrected chi connectivity index (χ2v) is 9.55. The number of carbonyl (C=O) groups excluding carboxylic acids is 3. The molecule has 0 bridgehead atoms. The molecule has 0 spiro atoms. The van der Waals surface area contributed by atoms with E-state index in [9.17, 15) is 14.4 Å². The van der Waals surface area contributed by atoms with Crippen LogP contribution in [0.1, 0.15) is 94.8 Å². The van der Waals surface area contributed by atoms with Crippen molar-refractivity contribution in [3.05, 3.63) is 54.6 Å². The number of hydrogen-bond donors (Lipinski definition) is 3. The maximum absolute atomic E-state index is 12.5. The summed E-state index contributed by atoms with van der Waals surface area (Å²) in [4.78, 5) is 40.0. The quantitative estimate of drug-likeness (QED) is 0.0705. The van der Waals surface area contributed by atoms with Crippen LogP contribution in [-0.4, -0.2) is 40.9 Å². The smallest absolute Gasteiger partial charge is 0.244 e. The zero-order chi connectivity index (χ0) is 27.3. The fraction of sp³-hybridized carbons (Fsp3) is 0.586. The van der Waals surface area contributed by atoms with E-state index in [4.69, 9.17) is 9.94 Å². The van der Waals surface area contributed by atoms with Gasteiger partial charge >= 0.3 is 0 Å². The Morgan fingerprint density at radius 2 is 2.00 bits per heavy atom. The Bertz CT molecular complexity index is 835. The molecule has 1 fully saturated rings. The Labute approximate surface area is 221 Å². The molecule has 0 aliphatic heterocycles. The van der Waals surface area contributed by atoms with Gasteiger partial charge < -0.3 is 10.1 Å². The first-order valence-electron chi connectivity index (χ1n) is 13.4. The van der Waals surface area contributed by atoms with Crippen molar-refractivity contribution in [2.75, 3.05) is 13.2 Å². The van der Waals surface area contributed by atoms with Gasteiger partial charge in [-0.3, -0.25) is 24.6 Å². The van der Waals surface area contributed by atoms with Crippen molar-refractivity contribution >= 4 is 17.6 Å². The first kappa shape index (κ1) is 32.0. The predicted octanol–water partition coefficient (Wildman–Crippen LogP) is 5.54. The van der Waals surface area contributed by atoms with Crippen LogP contribution < -0.4 is 10.8 Å². The maximum atomic E-state index is 12.5. The molecular weight excluding hydrogens is 470 g/mol. The molecular formula is C29H45N3O5. The largest absolute Gasteiger partial charge is 0.499 e. The fourth-order valence-corrected chi connectivity index (χ4v) is 4.04. The lowest BCUT2D eigenvalue weighted by molar-refractivity contribution is -0.134. The molecule has 1 aromatic rings. The number of ether oxygens (including phenoxy) is 1. The molecule has 0 aromatic carbocycles. The molecule has 8 nitrogen and oxygen atoms in total. The van der Waals surface area contributed by atoms with Crippen LogP contribution in [0.5, 0.6) is 0 Å². The van der Waals surface area contributed by atoms with Crippen molar-refractivity contribution in [3.63, 3.8) is 0 Å². The Morgan fingerprint density at radius 1 is 1.24 bits per heavy atom. The number of ketones is 1. The first-order valence-corrected chi connectivity index (χ1v) is 13.4. The van der Waals surface area contributed by atoms with Gasteiger partial charge in [0.15, 0.2) is 5.78 Å². The molecule has 37 heavy (non-hydrogen) atoms. The zero-order valence-corrected chi connectivity index (χ0v) is 22.5. The highest BCUT2D eigenvalue weighted by Gasteiger charge is 2.22. The number of rotatable bonds is 15. The molecule has 2 rings (SSSR count). The van der Waals surface area contributed by atoms with Crippen LogP contribution in [0.4, 0.5) is 0 Å². The summed E-state index contributed by atoms with van der Waals surface area (Å²) < 4.78 is 5.56. The average Bonchev–Trinajstić information content (AvgIpc) is 2.92. The second kappa shape index (κ2) is 20.1. The molecule has 1 aromatic heterocycles. The molecule has 1 aliphatic carbocycles. The molecule has 1 aliphatic rings. The van der Waals surface area contributed by atoms with Gasteiger partial charge in [-0.1, -0.05) is 57.8 Å². The molecule has 1 saturated carbocycles. The van der Waals surface area contributed by atoms with E-state index in [-0.39, 0.29) is 18.7 Å². The molecule has 2 amide bonds. The van der Waals surface area contributed by atoms with Crippen molar-refractivity contribution in [1.29, 1.82) is 0 Å². The van der Waals surface area contributed by atoms with E-state index in [2.05, 4.69) is 23.8 Å². The number of pyridine rings is 1. The van der Waals surface area contributed by atoms with Crippen molar-refractivity contribution in [2.24, 2.45) is 11.8 Å². The van der Waals surface area contributed by atoms with E-state index < -0.39 is 17.7 Å². The van der Waals surface area contributed by atoms with Crippen molar-refractivity contribution in [2.45, 2.75) is 84.5 Å². The first-order chi connectivity index (χ1) is 17.9. The highest BCUT2D eigenvalue weighted by Crippen LogP contribution is 2.22. The molecule has 0 radical (unpaired) electrons. The minimum atomic E-state index is -0.656. The lowest BCUT2D eigenvalue weighted by Gasteiger charge is -2.16. The SMILES string of the molecule is C=C(CC/C=C\C)OCCCCC(CC(=O)NO)C(=O)NCC(=O)c1cccnc1.CC1CCCCC1. The van der Waals surface area contributed by atoms with E-state index in [1.165, 1.54) is 38.3 Å². The number of hydrogen-bond acceptors (Lipinski definition) is 6. The van der Waals surface area contributed by atoms with Gasteiger partial charge in [0.05, 0.1) is 18.9 Å². The van der Waals surface area contributed by atoms with Crippen molar-refractivity contribution in [3.8, 4) is 0 Å².